The van der Waals surface area contributed by atoms with Gasteiger partial charge in [0.25, 0.3) is 5.91 Å². The van der Waals surface area contributed by atoms with Gasteiger partial charge in [0.1, 0.15) is 5.69 Å². The van der Waals surface area contributed by atoms with E-state index in [1.165, 1.54) is 0 Å². The van der Waals surface area contributed by atoms with Crippen LogP contribution in [0.1, 0.15) is 47.9 Å². The first-order chi connectivity index (χ1) is 13.2. The van der Waals surface area contributed by atoms with Gasteiger partial charge in [0, 0.05) is 12.1 Å². The number of fused-ring (bicyclic) bond motifs is 1. The van der Waals surface area contributed by atoms with Gasteiger partial charge in [0.05, 0.1) is 18.9 Å². The number of carbonyl (C=O) groups is 1. The van der Waals surface area contributed by atoms with Crippen molar-refractivity contribution < 1.29 is 19.1 Å². The number of aromatic amines is 1. The van der Waals surface area contributed by atoms with Crippen molar-refractivity contribution in [2.45, 2.75) is 26.3 Å². The van der Waals surface area contributed by atoms with E-state index in [1.54, 1.807) is 29.4 Å². The molecule has 0 spiro atoms. The number of aromatic hydroxyl groups is 1. The van der Waals surface area contributed by atoms with E-state index in [2.05, 4.69) is 10.2 Å². The number of amides is 1. The second-order valence-electron chi connectivity index (χ2n) is 6.40. The molecule has 1 aliphatic rings. The van der Waals surface area contributed by atoms with Crippen molar-refractivity contribution in [2.24, 2.45) is 0 Å². The van der Waals surface area contributed by atoms with Gasteiger partial charge in [0.15, 0.2) is 23.0 Å². The van der Waals surface area contributed by atoms with E-state index in [0.717, 1.165) is 17.5 Å². The summed E-state index contributed by atoms with van der Waals surface area (Å²) in [5.74, 6) is 0.988. The van der Waals surface area contributed by atoms with E-state index in [0.29, 0.717) is 36.0 Å². The number of H-pyrrole nitrogens is 1. The molecule has 4 rings (SSSR count). The van der Waals surface area contributed by atoms with Gasteiger partial charge in [-0.05, 0) is 43.2 Å². The zero-order valence-corrected chi connectivity index (χ0v) is 15.2. The monoisotopic (exact) mass is 367 g/mol. The molecule has 0 fully saturated rings. The number of ether oxygens (including phenoxy) is 1. The van der Waals surface area contributed by atoms with Gasteiger partial charge in [-0.3, -0.25) is 9.89 Å². The normalized spacial score (nSPS) is 16.0. The Bertz CT molecular complexity index is 962. The summed E-state index contributed by atoms with van der Waals surface area (Å²) in [4.78, 5) is 14.8. The fourth-order valence-corrected chi connectivity index (χ4v) is 3.59. The Morgan fingerprint density at radius 3 is 2.89 bits per heavy atom. The number of carbonyl (C=O) groups excluding carboxylic acids is 1. The van der Waals surface area contributed by atoms with Crippen molar-refractivity contribution in [2.75, 3.05) is 13.2 Å². The number of benzene rings is 1. The van der Waals surface area contributed by atoms with Gasteiger partial charge >= 0.3 is 0 Å². The lowest BCUT2D eigenvalue weighted by atomic mass is 9.97. The number of aromatic nitrogens is 2. The van der Waals surface area contributed by atoms with Crippen LogP contribution in [0.15, 0.2) is 41.0 Å². The average molecular weight is 367 g/mol. The van der Waals surface area contributed by atoms with Crippen LogP contribution in [0.25, 0.3) is 11.5 Å². The van der Waals surface area contributed by atoms with Crippen molar-refractivity contribution in [3.8, 4) is 23.0 Å². The maximum Gasteiger partial charge on any atom is 0.275 e. The summed E-state index contributed by atoms with van der Waals surface area (Å²) in [6.45, 7) is 4.93. The van der Waals surface area contributed by atoms with Crippen LogP contribution in [0.5, 0.6) is 11.5 Å². The molecule has 0 saturated heterocycles. The summed E-state index contributed by atoms with van der Waals surface area (Å²) < 4.78 is 11.1. The maximum absolute atomic E-state index is 13.0. The summed E-state index contributed by atoms with van der Waals surface area (Å²) in [6.07, 6.45) is 2.41. The summed E-state index contributed by atoms with van der Waals surface area (Å²) in [7, 11) is 0. The third-order valence-corrected chi connectivity index (χ3v) is 4.68. The molecule has 7 nitrogen and oxygen atoms in total. The highest BCUT2D eigenvalue weighted by Gasteiger charge is 2.42. The lowest BCUT2D eigenvalue weighted by molar-refractivity contribution is 0.0743. The van der Waals surface area contributed by atoms with E-state index in [1.807, 2.05) is 26.0 Å². The van der Waals surface area contributed by atoms with Gasteiger partial charge in [-0.25, -0.2) is 0 Å². The number of nitrogens with one attached hydrogen (secondary N) is 1. The van der Waals surface area contributed by atoms with E-state index in [4.69, 9.17) is 9.15 Å². The molecule has 0 saturated carbocycles. The highest BCUT2D eigenvalue weighted by atomic mass is 16.5. The molecular weight excluding hydrogens is 346 g/mol. The minimum Gasteiger partial charge on any atom is -0.504 e. The highest BCUT2D eigenvalue weighted by molar-refractivity contribution is 6.00. The molecule has 1 amide bonds. The van der Waals surface area contributed by atoms with Gasteiger partial charge in [-0.2, -0.15) is 5.10 Å². The number of hydrogen-bond donors (Lipinski definition) is 2. The summed E-state index contributed by atoms with van der Waals surface area (Å²) in [6, 6.07) is 8.50. The molecule has 140 valence electrons. The largest absolute Gasteiger partial charge is 0.504 e. The molecule has 27 heavy (non-hydrogen) atoms. The zero-order valence-electron chi connectivity index (χ0n) is 15.2. The topological polar surface area (TPSA) is 91.6 Å². The summed E-state index contributed by atoms with van der Waals surface area (Å²) in [5, 5.41) is 17.3. The van der Waals surface area contributed by atoms with Crippen molar-refractivity contribution in [3.05, 3.63) is 53.4 Å². The first-order valence-corrected chi connectivity index (χ1v) is 9.04. The van der Waals surface area contributed by atoms with Crippen LogP contribution in [-0.2, 0) is 0 Å². The van der Waals surface area contributed by atoms with Gasteiger partial charge < -0.3 is 19.2 Å². The van der Waals surface area contributed by atoms with Crippen LogP contribution in [0, 0.1) is 0 Å². The lowest BCUT2D eigenvalue weighted by Gasteiger charge is -2.26. The molecule has 0 bridgehead atoms. The van der Waals surface area contributed by atoms with Crippen molar-refractivity contribution in [3.63, 3.8) is 0 Å². The van der Waals surface area contributed by atoms with Crippen molar-refractivity contribution in [1.29, 1.82) is 0 Å². The molecule has 3 heterocycles. The number of phenols is 1. The van der Waals surface area contributed by atoms with E-state index < -0.39 is 0 Å². The fourth-order valence-electron chi connectivity index (χ4n) is 3.59. The quantitative estimate of drug-likeness (QED) is 0.693. The number of nitrogens with zero attached hydrogens (tertiary/aromatic N) is 2. The first-order valence-electron chi connectivity index (χ1n) is 9.04. The number of rotatable bonds is 6. The molecular formula is C20H21N3O4. The number of hydrogen-bond acceptors (Lipinski definition) is 5. The SMILES string of the molecule is CCCN1C(=O)c2n[nH]c(-c3ccco3)c2C1c1ccc(O)c(OCC)c1. The molecule has 1 atom stereocenters. The molecule has 1 unspecified atom stereocenters. The van der Waals surface area contributed by atoms with E-state index in [-0.39, 0.29) is 17.7 Å². The molecule has 7 heteroatoms. The minimum absolute atomic E-state index is 0.0747. The standard InChI is InChI=1S/C20H21N3O4/c1-3-9-23-19(12-7-8-13(24)15(11-12)26-4-2)16-17(14-6-5-10-27-14)21-22-18(16)20(23)25/h5-8,10-11,19,24H,3-4,9H2,1-2H3,(H,21,22). The Balaban J connectivity index is 1.87. The molecule has 1 aliphatic heterocycles. The van der Waals surface area contributed by atoms with Crippen LogP contribution in [0.2, 0.25) is 0 Å². The second-order valence-corrected chi connectivity index (χ2v) is 6.40. The molecule has 0 aliphatic carbocycles. The Kier molecular flexibility index (Phi) is 4.35. The van der Waals surface area contributed by atoms with Crippen LogP contribution in [0.3, 0.4) is 0 Å². The summed E-state index contributed by atoms with van der Waals surface area (Å²) in [5.41, 5.74) is 2.74. The molecule has 3 aromatic rings. The fraction of sp³-hybridized carbons (Fsp3) is 0.300. The van der Waals surface area contributed by atoms with Crippen LogP contribution in [-0.4, -0.2) is 39.3 Å². The average Bonchev–Trinajstić information content (AvgIpc) is 3.37. The summed E-state index contributed by atoms with van der Waals surface area (Å²) >= 11 is 0. The molecule has 2 N–H and O–H groups in total. The van der Waals surface area contributed by atoms with Crippen molar-refractivity contribution in [1.82, 2.24) is 15.1 Å². The lowest BCUT2D eigenvalue weighted by Crippen LogP contribution is -2.30. The van der Waals surface area contributed by atoms with Gasteiger partial charge in [0.2, 0.25) is 0 Å². The number of furan rings is 1. The predicted octanol–water partition coefficient (Wildman–Crippen LogP) is 3.73. The van der Waals surface area contributed by atoms with Crippen LogP contribution >= 0.6 is 0 Å². The Morgan fingerprint density at radius 1 is 1.33 bits per heavy atom. The minimum atomic E-state index is -0.328. The Morgan fingerprint density at radius 2 is 2.19 bits per heavy atom. The molecule has 0 radical (unpaired) electrons. The molecule has 1 aromatic carbocycles. The maximum atomic E-state index is 13.0. The highest BCUT2D eigenvalue weighted by Crippen LogP contribution is 2.44. The zero-order chi connectivity index (χ0) is 19.0. The first kappa shape index (κ1) is 17.2. The third kappa shape index (κ3) is 2.75. The van der Waals surface area contributed by atoms with E-state index in [9.17, 15) is 9.90 Å². The van der Waals surface area contributed by atoms with E-state index >= 15 is 0 Å². The molecule has 2 aromatic heterocycles. The Hall–Kier alpha value is -3.22. The van der Waals surface area contributed by atoms with Gasteiger partial charge in [-0.15, -0.1) is 0 Å². The third-order valence-electron chi connectivity index (χ3n) is 4.68. The van der Waals surface area contributed by atoms with Crippen LogP contribution < -0.4 is 4.74 Å². The Labute approximate surface area is 156 Å². The van der Waals surface area contributed by atoms with Crippen molar-refractivity contribution >= 4 is 5.91 Å². The predicted molar refractivity (Wildman–Crippen MR) is 98.7 cm³/mol. The second kappa shape index (κ2) is 6.83. The van der Waals surface area contributed by atoms with Gasteiger partial charge in [-0.1, -0.05) is 13.0 Å². The van der Waals surface area contributed by atoms with Crippen LogP contribution in [0.4, 0.5) is 0 Å². The smallest absolute Gasteiger partial charge is 0.275 e. The number of phenolic OH excluding ortho intramolecular Hbond substituents is 1.